The van der Waals surface area contributed by atoms with E-state index in [0.717, 1.165) is 10.0 Å². The third kappa shape index (κ3) is 2.17. The van der Waals surface area contributed by atoms with E-state index < -0.39 is 0 Å². The van der Waals surface area contributed by atoms with Crippen LogP contribution in [0.2, 0.25) is 0 Å². The van der Waals surface area contributed by atoms with E-state index in [9.17, 15) is 0 Å². The molecule has 1 heterocycles. The largest absolute Gasteiger partial charge is 0.229 e. The van der Waals surface area contributed by atoms with Crippen LogP contribution in [-0.4, -0.2) is 15.0 Å². The van der Waals surface area contributed by atoms with Crippen molar-refractivity contribution in [1.82, 2.24) is 15.0 Å². The number of halogens is 1. The Morgan fingerprint density at radius 3 is 2.82 bits per heavy atom. The first-order chi connectivity index (χ1) is 8.26. The minimum atomic E-state index is 0.0660. The van der Waals surface area contributed by atoms with Gasteiger partial charge >= 0.3 is 0 Å². The van der Waals surface area contributed by atoms with Crippen molar-refractivity contribution in [2.75, 3.05) is 0 Å². The molecule has 17 heavy (non-hydrogen) atoms. The fourth-order valence-electron chi connectivity index (χ4n) is 1.49. The third-order valence-electron chi connectivity index (χ3n) is 2.16. The van der Waals surface area contributed by atoms with Gasteiger partial charge in [0.2, 0.25) is 0 Å². The van der Waals surface area contributed by atoms with E-state index in [1.165, 1.54) is 4.68 Å². The van der Waals surface area contributed by atoms with Gasteiger partial charge < -0.3 is 0 Å². The summed E-state index contributed by atoms with van der Waals surface area (Å²) in [5.74, 6) is 0. The molecule has 0 bridgehead atoms. The first-order valence-corrected chi connectivity index (χ1v) is 5.52. The van der Waals surface area contributed by atoms with E-state index in [0.29, 0.717) is 5.69 Å². The van der Waals surface area contributed by atoms with E-state index in [4.69, 9.17) is 10.5 Å². The van der Waals surface area contributed by atoms with Gasteiger partial charge in [0.15, 0.2) is 5.69 Å². The summed E-state index contributed by atoms with van der Waals surface area (Å²) in [7, 11) is 0. The smallest absolute Gasteiger partial charge is 0.190 e. The lowest BCUT2D eigenvalue weighted by Crippen LogP contribution is -2.01. The molecule has 6 heteroatoms. The number of aromatic nitrogens is 3. The van der Waals surface area contributed by atoms with Gasteiger partial charge in [0.05, 0.1) is 6.07 Å². The number of hydrogen-bond donors (Lipinski definition) is 0. The van der Waals surface area contributed by atoms with Gasteiger partial charge in [-0.2, -0.15) is 10.5 Å². The normalized spacial score (nSPS) is 9.59. The standard InChI is InChI=1S/C11H6BrN5/c12-9-3-1-2-8(6-9)11-10(7-14)15-16-17(11)5-4-13/h1-3,6H,5H2. The molecule has 0 amide bonds. The Balaban J connectivity index is 2.61. The lowest BCUT2D eigenvalue weighted by molar-refractivity contribution is 0.674. The van der Waals surface area contributed by atoms with Gasteiger partial charge in [-0.25, -0.2) is 4.68 Å². The number of benzene rings is 1. The molecular weight excluding hydrogens is 282 g/mol. The monoisotopic (exact) mass is 287 g/mol. The molecule has 82 valence electrons. The summed E-state index contributed by atoms with van der Waals surface area (Å²) < 4.78 is 2.31. The van der Waals surface area contributed by atoms with Gasteiger partial charge in [-0.1, -0.05) is 33.3 Å². The average Bonchev–Trinajstić information content (AvgIpc) is 2.72. The van der Waals surface area contributed by atoms with E-state index >= 15 is 0 Å². The first-order valence-electron chi connectivity index (χ1n) is 4.72. The Labute approximate surface area is 106 Å². The zero-order valence-corrected chi connectivity index (χ0v) is 10.2. The maximum atomic E-state index is 8.97. The number of nitriles is 2. The van der Waals surface area contributed by atoms with Crippen LogP contribution >= 0.6 is 15.9 Å². The Kier molecular flexibility index (Phi) is 3.17. The molecule has 0 atom stereocenters. The average molecular weight is 288 g/mol. The molecule has 0 aliphatic heterocycles. The summed E-state index contributed by atoms with van der Waals surface area (Å²) in [6, 6.07) is 11.4. The Bertz CT molecular complexity index is 632. The highest BCUT2D eigenvalue weighted by atomic mass is 79.9. The van der Waals surface area contributed by atoms with Crippen molar-refractivity contribution in [2.24, 2.45) is 0 Å². The predicted molar refractivity (Wildman–Crippen MR) is 63.5 cm³/mol. The summed E-state index contributed by atoms with van der Waals surface area (Å²) in [6.45, 7) is 0.0660. The highest BCUT2D eigenvalue weighted by Gasteiger charge is 2.14. The fraction of sp³-hybridized carbons (Fsp3) is 0.0909. The maximum absolute atomic E-state index is 8.97. The third-order valence-corrected chi connectivity index (χ3v) is 2.65. The number of rotatable bonds is 2. The van der Waals surface area contributed by atoms with Gasteiger partial charge in [-0.3, -0.25) is 0 Å². The van der Waals surface area contributed by atoms with Gasteiger partial charge in [0.1, 0.15) is 18.3 Å². The SMILES string of the molecule is N#CCn1nnc(C#N)c1-c1cccc(Br)c1. The van der Waals surface area contributed by atoms with Crippen molar-refractivity contribution < 1.29 is 0 Å². The fourth-order valence-corrected chi connectivity index (χ4v) is 1.89. The number of nitrogens with zero attached hydrogens (tertiary/aromatic N) is 5. The summed E-state index contributed by atoms with van der Waals surface area (Å²) >= 11 is 3.36. The van der Waals surface area contributed by atoms with Crippen LogP contribution in [0.15, 0.2) is 28.7 Å². The second-order valence-corrected chi connectivity index (χ2v) is 4.14. The molecule has 2 rings (SSSR count). The van der Waals surface area contributed by atoms with Crippen molar-refractivity contribution in [3.05, 3.63) is 34.4 Å². The van der Waals surface area contributed by atoms with E-state index in [-0.39, 0.29) is 12.2 Å². The van der Waals surface area contributed by atoms with Crippen molar-refractivity contribution >= 4 is 15.9 Å². The molecule has 5 nitrogen and oxygen atoms in total. The molecule has 0 saturated carbocycles. The molecule has 1 aromatic carbocycles. The quantitative estimate of drug-likeness (QED) is 0.847. The van der Waals surface area contributed by atoms with Crippen LogP contribution in [-0.2, 0) is 6.54 Å². The van der Waals surface area contributed by atoms with Gasteiger partial charge in [-0.05, 0) is 12.1 Å². The van der Waals surface area contributed by atoms with Gasteiger partial charge in [0.25, 0.3) is 0 Å². The lowest BCUT2D eigenvalue weighted by atomic mass is 10.1. The zero-order chi connectivity index (χ0) is 12.3. The van der Waals surface area contributed by atoms with Crippen LogP contribution in [0.25, 0.3) is 11.3 Å². The van der Waals surface area contributed by atoms with Crippen LogP contribution in [0.5, 0.6) is 0 Å². The summed E-state index contributed by atoms with van der Waals surface area (Å²) in [5.41, 5.74) is 1.59. The minimum absolute atomic E-state index is 0.0660. The van der Waals surface area contributed by atoms with Crippen molar-refractivity contribution in [3.8, 4) is 23.4 Å². The van der Waals surface area contributed by atoms with Gasteiger partial charge in [-0.15, -0.1) is 5.10 Å². The first kappa shape index (κ1) is 11.3. The molecule has 2 aromatic rings. The van der Waals surface area contributed by atoms with Gasteiger partial charge in [0, 0.05) is 10.0 Å². The van der Waals surface area contributed by atoms with Crippen LogP contribution in [0, 0.1) is 22.7 Å². The molecular formula is C11H6BrN5. The topological polar surface area (TPSA) is 78.3 Å². The van der Waals surface area contributed by atoms with Crippen LogP contribution in [0.3, 0.4) is 0 Å². The minimum Gasteiger partial charge on any atom is -0.229 e. The Morgan fingerprint density at radius 1 is 1.35 bits per heavy atom. The van der Waals surface area contributed by atoms with Crippen LogP contribution in [0.1, 0.15) is 5.69 Å². The highest BCUT2D eigenvalue weighted by Crippen LogP contribution is 2.24. The zero-order valence-electron chi connectivity index (χ0n) is 8.63. The summed E-state index contributed by atoms with van der Waals surface area (Å²) in [6.07, 6.45) is 0. The lowest BCUT2D eigenvalue weighted by Gasteiger charge is -2.03. The van der Waals surface area contributed by atoms with E-state index in [2.05, 4.69) is 26.2 Å². The van der Waals surface area contributed by atoms with Crippen molar-refractivity contribution in [2.45, 2.75) is 6.54 Å². The van der Waals surface area contributed by atoms with E-state index in [1.807, 2.05) is 36.4 Å². The van der Waals surface area contributed by atoms with Crippen molar-refractivity contribution in [1.29, 1.82) is 10.5 Å². The molecule has 0 aliphatic carbocycles. The van der Waals surface area contributed by atoms with Crippen molar-refractivity contribution in [3.63, 3.8) is 0 Å². The van der Waals surface area contributed by atoms with Crippen LogP contribution in [0.4, 0.5) is 0 Å². The highest BCUT2D eigenvalue weighted by molar-refractivity contribution is 9.10. The number of hydrogen-bond acceptors (Lipinski definition) is 4. The van der Waals surface area contributed by atoms with E-state index in [1.54, 1.807) is 0 Å². The summed E-state index contributed by atoms with van der Waals surface area (Å²) in [4.78, 5) is 0. The predicted octanol–water partition coefficient (Wildman–Crippen LogP) is 2.10. The molecule has 0 N–H and O–H groups in total. The molecule has 0 unspecified atom stereocenters. The molecule has 0 aliphatic rings. The molecule has 0 radical (unpaired) electrons. The Hall–Kier alpha value is -2.18. The van der Waals surface area contributed by atoms with Crippen LogP contribution < -0.4 is 0 Å². The second kappa shape index (κ2) is 4.77. The molecule has 0 fully saturated rings. The Morgan fingerprint density at radius 2 is 2.18 bits per heavy atom. The molecule has 1 aromatic heterocycles. The molecule has 0 spiro atoms. The summed E-state index contributed by atoms with van der Waals surface area (Å²) in [5, 5.41) is 25.2. The maximum Gasteiger partial charge on any atom is 0.190 e. The second-order valence-electron chi connectivity index (χ2n) is 3.22. The molecule has 0 saturated heterocycles.